The maximum absolute atomic E-state index is 3.54. The topological polar surface area (TPSA) is 12.0 Å². The van der Waals surface area contributed by atoms with Crippen LogP contribution in [0.1, 0.15) is 18.1 Å². The molecule has 0 aromatic heterocycles. The molecule has 0 radical (unpaired) electrons. The van der Waals surface area contributed by atoms with E-state index >= 15 is 0 Å². The van der Waals surface area contributed by atoms with E-state index in [0.717, 1.165) is 13.0 Å². The first-order valence-corrected chi connectivity index (χ1v) is 6.90. The van der Waals surface area contributed by atoms with Gasteiger partial charge in [0.05, 0.1) is 0 Å². The Morgan fingerprint density at radius 2 is 2.07 bits per heavy atom. The summed E-state index contributed by atoms with van der Waals surface area (Å²) < 4.78 is 0. The summed E-state index contributed by atoms with van der Waals surface area (Å²) in [6, 6.07) is 9.20. The molecule has 0 aliphatic rings. The molecule has 0 spiro atoms. The fourth-order valence-corrected chi connectivity index (χ4v) is 1.97. The van der Waals surface area contributed by atoms with Gasteiger partial charge in [0.15, 0.2) is 0 Å². The maximum atomic E-state index is 3.54. The van der Waals surface area contributed by atoms with Crippen molar-refractivity contribution >= 4 is 11.8 Å². The Balaban J connectivity index is 2.37. The lowest BCUT2D eigenvalue weighted by Gasteiger charge is -2.14. The van der Waals surface area contributed by atoms with Crippen molar-refractivity contribution in [3.63, 3.8) is 0 Å². The molecule has 1 aromatic rings. The fraction of sp³-hybridized carbons (Fsp3) is 0.538. The molecule has 0 saturated heterocycles. The standard InChI is InChI=1S/C13H21NS/c1-11-6-4-5-7-13(11)10-12(2)14-8-9-15-3/h4-7,12,14H,8-10H2,1-3H3. The first-order chi connectivity index (χ1) is 7.24. The first-order valence-electron chi connectivity index (χ1n) is 5.51. The van der Waals surface area contributed by atoms with Gasteiger partial charge in [-0.05, 0) is 37.7 Å². The number of nitrogens with one attached hydrogen (secondary N) is 1. The summed E-state index contributed by atoms with van der Waals surface area (Å²) >= 11 is 1.89. The van der Waals surface area contributed by atoms with E-state index < -0.39 is 0 Å². The van der Waals surface area contributed by atoms with E-state index in [2.05, 4.69) is 49.7 Å². The van der Waals surface area contributed by atoms with Gasteiger partial charge in [0, 0.05) is 18.3 Å². The van der Waals surface area contributed by atoms with E-state index in [1.807, 2.05) is 11.8 Å². The van der Waals surface area contributed by atoms with Crippen molar-refractivity contribution in [2.45, 2.75) is 26.3 Å². The van der Waals surface area contributed by atoms with Gasteiger partial charge in [-0.25, -0.2) is 0 Å². The van der Waals surface area contributed by atoms with Crippen LogP contribution in [0.2, 0.25) is 0 Å². The van der Waals surface area contributed by atoms with Gasteiger partial charge in [-0.1, -0.05) is 24.3 Å². The second kappa shape index (κ2) is 6.91. The summed E-state index contributed by atoms with van der Waals surface area (Å²) in [6.07, 6.45) is 3.27. The molecule has 0 fully saturated rings. The van der Waals surface area contributed by atoms with Gasteiger partial charge in [-0.15, -0.1) is 0 Å². The van der Waals surface area contributed by atoms with Gasteiger partial charge >= 0.3 is 0 Å². The van der Waals surface area contributed by atoms with Crippen LogP contribution in [0.4, 0.5) is 0 Å². The third-order valence-electron chi connectivity index (χ3n) is 2.59. The molecule has 2 heteroatoms. The number of aryl methyl sites for hydroxylation is 1. The van der Waals surface area contributed by atoms with Crippen LogP contribution >= 0.6 is 11.8 Å². The summed E-state index contributed by atoms with van der Waals surface area (Å²) in [7, 11) is 0. The summed E-state index contributed by atoms with van der Waals surface area (Å²) in [5, 5.41) is 3.54. The number of hydrogen-bond acceptors (Lipinski definition) is 2. The van der Waals surface area contributed by atoms with Gasteiger partial charge in [0.25, 0.3) is 0 Å². The molecule has 1 nitrogen and oxygen atoms in total. The normalized spacial score (nSPS) is 12.7. The molecule has 1 unspecified atom stereocenters. The smallest absolute Gasteiger partial charge is 0.00795 e. The molecule has 1 aromatic carbocycles. The molecule has 1 rings (SSSR count). The maximum Gasteiger partial charge on any atom is 0.00795 e. The van der Waals surface area contributed by atoms with Crippen LogP contribution in [0, 0.1) is 6.92 Å². The van der Waals surface area contributed by atoms with Crippen molar-refractivity contribution in [3.8, 4) is 0 Å². The van der Waals surface area contributed by atoms with Crippen molar-refractivity contribution in [1.29, 1.82) is 0 Å². The average molecular weight is 223 g/mol. The van der Waals surface area contributed by atoms with Gasteiger partial charge in [0.1, 0.15) is 0 Å². The fourth-order valence-electron chi connectivity index (χ4n) is 1.65. The third-order valence-corrected chi connectivity index (χ3v) is 3.20. The molecular formula is C13H21NS. The van der Waals surface area contributed by atoms with Gasteiger partial charge in [-0.2, -0.15) is 11.8 Å². The lowest BCUT2D eigenvalue weighted by Crippen LogP contribution is -2.30. The summed E-state index contributed by atoms with van der Waals surface area (Å²) in [5.41, 5.74) is 2.86. The van der Waals surface area contributed by atoms with E-state index in [-0.39, 0.29) is 0 Å². The van der Waals surface area contributed by atoms with E-state index in [4.69, 9.17) is 0 Å². The van der Waals surface area contributed by atoms with Crippen LogP contribution in [0.25, 0.3) is 0 Å². The van der Waals surface area contributed by atoms with Crippen molar-refractivity contribution in [3.05, 3.63) is 35.4 Å². The Morgan fingerprint density at radius 3 is 2.73 bits per heavy atom. The zero-order valence-electron chi connectivity index (χ0n) is 9.92. The van der Waals surface area contributed by atoms with E-state index in [1.165, 1.54) is 16.9 Å². The van der Waals surface area contributed by atoms with Crippen molar-refractivity contribution in [2.75, 3.05) is 18.6 Å². The minimum Gasteiger partial charge on any atom is -0.313 e. The van der Waals surface area contributed by atoms with E-state index in [9.17, 15) is 0 Å². The second-order valence-electron chi connectivity index (χ2n) is 3.98. The average Bonchev–Trinajstić information content (AvgIpc) is 2.22. The SMILES string of the molecule is CSCCNC(C)Cc1ccccc1C. The molecule has 1 N–H and O–H groups in total. The van der Waals surface area contributed by atoms with Crippen LogP contribution in [0.15, 0.2) is 24.3 Å². The van der Waals surface area contributed by atoms with Crippen LogP contribution in [-0.2, 0) is 6.42 Å². The molecule has 0 heterocycles. The summed E-state index contributed by atoms with van der Waals surface area (Å²) in [6.45, 7) is 5.55. The Kier molecular flexibility index (Phi) is 5.81. The molecule has 0 aliphatic heterocycles. The number of benzene rings is 1. The summed E-state index contributed by atoms with van der Waals surface area (Å²) in [5.74, 6) is 1.19. The molecule has 15 heavy (non-hydrogen) atoms. The second-order valence-corrected chi connectivity index (χ2v) is 4.96. The molecular weight excluding hydrogens is 202 g/mol. The highest BCUT2D eigenvalue weighted by Crippen LogP contribution is 2.09. The highest BCUT2D eigenvalue weighted by molar-refractivity contribution is 7.98. The Hall–Kier alpha value is -0.470. The summed E-state index contributed by atoms with van der Waals surface area (Å²) in [4.78, 5) is 0. The molecule has 84 valence electrons. The van der Waals surface area contributed by atoms with Crippen molar-refractivity contribution in [1.82, 2.24) is 5.32 Å². The predicted octanol–water partition coefficient (Wildman–Crippen LogP) is 2.88. The van der Waals surface area contributed by atoms with Crippen LogP contribution in [-0.4, -0.2) is 24.6 Å². The Morgan fingerprint density at radius 1 is 1.33 bits per heavy atom. The molecule has 0 aliphatic carbocycles. The number of rotatable bonds is 6. The molecule has 0 saturated carbocycles. The number of hydrogen-bond donors (Lipinski definition) is 1. The highest BCUT2D eigenvalue weighted by atomic mass is 32.2. The van der Waals surface area contributed by atoms with Gasteiger partial charge < -0.3 is 5.32 Å². The van der Waals surface area contributed by atoms with Gasteiger partial charge in [0.2, 0.25) is 0 Å². The van der Waals surface area contributed by atoms with E-state index in [0.29, 0.717) is 6.04 Å². The highest BCUT2D eigenvalue weighted by Gasteiger charge is 2.03. The Labute approximate surface area is 97.7 Å². The molecule has 0 amide bonds. The van der Waals surface area contributed by atoms with E-state index in [1.54, 1.807) is 0 Å². The minimum atomic E-state index is 0.568. The first kappa shape index (κ1) is 12.6. The third kappa shape index (κ3) is 4.72. The molecule has 0 bridgehead atoms. The van der Waals surface area contributed by atoms with Crippen molar-refractivity contribution < 1.29 is 0 Å². The van der Waals surface area contributed by atoms with Gasteiger partial charge in [-0.3, -0.25) is 0 Å². The predicted molar refractivity (Wildman–Crippen MR) is 70.7 cm³/mol. The largest absolute Gasteiger partial charge is 0.313 e. The lowest BCUT2D eigenvalue weighted by molar-refractivity contribution is 0.567. The lowest BCUT2D eigenvalue weighted by atomic mass is 10.0. The zero-order valence-corrected chi connectivity index (χ0v) is 10.7. The minimum absolute atomic E-state index is 0.568. The quantitative estimate of drug-likeness (QED) is 0.744. The monoisotopic (exact) mass is 223 g/mol. The molecule has 1 atom stereocenters. The van der Waals surface area contributed by atoms with Crippen molar-refractivity contribution in [2.24, 2.45) is 0 Å². The van der Waals surface area contributed by atoms with Crippen LogP contribution in [0.5, 0.6) is 0 Å². The van der Waals surface area contributed by atoms with Crippen LogP contribution < -0.4 is 5.32 Å². The van der Waals surface area contributed by atoms with Crippen LogP contribution in [0.3, 0.4) is 0 Å². The number of thioether (sulfide) groups is 1. The zero-order chi connectivity index (χ0) is 11.1. The Bertz CT molecular complexity index is 286.